The van der Waals surface area contributed by atoms with E-state index in [4.69, 9.17) is 10.5 Å². The first-order valence-corrected chi connectivity index (χ1v) is 7.01. The Labute approximate surface area is 119 Å². The van der Waals surface area contributed by atoms with E-state index < -0.39 is 0 Å². The van der Waals surface area contributed by atoms with Crippen molar-refractivity contribution in [1.82, 2.24) is 0 Å². The predicted octanol–water partition coefficient (Wildman–Crippen LogP) is 2.41. The lowest BCUT2D eigenvalue weighted by atomic mass is 9.79. The Hall–Kier alpha value is -1.84. The SMILES string of the molecule is CC(CC1C(=O)c2ccccc2OC1C(C)C)C(N)=O. The number of amides is 1. The maximum absolute atomic E-state index is 12.7. The van der Waals surface area contributed by atoms with E-state index in [0.717, 1.165) is 0 Å². The number of hydrogen-bond donors (Lipinski definition) is 1. The van der Waals surface area contributed by atoms with Crippen molar-refractivity contribution in [2.45, 2.75) is 33.3 Å². The van der Waals surface area contributed by atoms with Gasteiger partial charge in [0.15, 0.2) is 5.78 Å². The van der Waals surface area contributed by atoms with Crippen LogP contribution in [-0.4, -0.2) is 17.8 Å². The molecule has 4 nitrogen and oxygen atoms in total. The largest absolute Gasteiger partial charge is 0.489 e. The fourth-order valence-corrected chi connectivity index (χ4v) is 2.69. The Morgan fingerprint density at radius 3 is 2.55 bits per heavy atom. The van der Waals surface area contributed by atoms with Crippen LogP contribution in [0.2, 0.25) is 0 Å². The normalized spacial score (nSPS) is 23.1. The number of hydrogen-bond acceptors (Lipinski definition) is 3. The quantitative estimate of drug-likeness (QED) is 0.917. The van der Waals surface area contributed by atoms with Gasteiger partial charge in [-0.2, -0.15) is 0 Å². The van der Waals surface area contributed by atoms with Crippen LogP contribution >= 0.6 is 0 Å². The third kappa shape index (κ3) is 2.69. The van der Waals surface area contributed by atoms with Crippen LogP contribution in [-0.2, 0) is 4.79 Å². The van der Waals surface area contributed by atoms with Gasteiger partial charge in [-0.3, -0.25) is 9.59 Å². The third-order valence-electron chi connectivity index (χ3n) is 3.90. The van der Waals surface area contributed by atoms with Crippen LogP contribution < -0.4 is 10.5 Å². The molecule has 108 valence electrons. The summed E-state index contributed by atoms with van der Waals surface area (Å²) in [5.74, 6) is -0.138. The topological polar surface area (TPSA) is 69.4 Å². The number of ketones is 1. The van der Waals surface area contributed by atoms with Gasteiger partial charge in [-0.25, -0.2) is 0 Å². The minimum Gasteiger partial charge on any atom is -0.489 e. The molecule has 3 unspecified atom stereocenters. The fraction of sp³-hybridized carbons (Fsp3) is 0.500. The molecule has 0 aliphatic carbocycles. The summed E-state index contributed by atoms with van der Waals surface area (Å²) in [6.45, 7) is 5.80. The maximum Gasteiger partial charge on any atom is 0.220 e. The number of nitrogens with two attached hydrogens (primary N) is 1. The van der Waals surface area contributed by atoms with Crippen molar-refractivity contribution in [1.29, 1.82) is 0 Å². The molecule has 20 heavy (non-hydrogen) atoms. The minimum absolute atomic E-state index is 0.0543. The number of carbonyl (C=O) groups excluding carboxylic acids is 2. The van der Waals surface area contributed by atoms with E-state index in [2.05, 4.69) is 0 Å². The van der Waals surface area contributed by atoms with Gasteiger partial charge in [-0.05, 0) is 24.5 Å². The molecule has 1 aliphatic rings. The Morgan fingerprint density at radius 2 is 1.95 bits per heavy atom. The molecule has 3 atom stereocenters. The molecule has 0 saturated carbocycles. The van der Waals surface area contributed by atoms with Crippen LogP contribution in [0, 0.1) is 17.8 Å². The molecule has 0 radical (unpaired) electrons. The lowest BCUT2D eigenvalue weighted by Gasteiger charge is -2.35. The van der Waals surface area contributed by atoms with Crippen molar-refractivity contribution in [2.75, 3.05) is 0 Å². The van der Waals surface area contributed by atoms with E-state index in [1.54, 1.807) is 13.0 Å². The summed E-state index contributed by atoms with van der Waals surface area (Å²) in [7, 11) is 0. The summed E-state index contributed by atoms with van der Waals surface area (Å²) in [5.41, 5.74) is 5.93. The number of primary amides is 1. The minimum atomic E-state index is -0.376. The highest BCUT2D eigenvalue weighted by Crippen LogP contribution is 2.36. The van der Waals surface area contributed by atoms with Crippen LogP contribution in [0.25, 0.3) is 0 Å². The van der Waals surface area contributed by atoms with Gasteiger partial charge in [0.25, 0.3) is 0 Å². The molecule has 2 rings (SSSR count). The molecule has 1 aromatic carbocycles. The Morgan fingerprint density at radius 1 is 1.30 bits per heavy atom. The summed E-state index contributed by atoms with van der Waals surface area (Å²) >= 11 is 0. The molecule has 0 spiro atoms. The smallest absolute Gasteiger partial charge is 0.220 e. The van der Waals surface area contributed by atoms with Crippen LogP contribution in [0.4, 0.5) is 0 Å². The van der Waals surface area contributed by atoms with Crippen molar-refractivity contribution in [2.24, 2.45) is 23.5 Å². The molecule has 1 heterocycles. The monoisotopic (exact) mass is 275 g/mol. The third-order valence-corrected chi connectivity index (χ3v) is 3.90. The predicted molar refractivity (Wildman–Crippen MR) is 76.5 cm³/mol. The highest BCUT2D eigenvalue weighted by Gasteiger charge is 2.39. The van der Waals surface area contributed by atoms with Crippen LogP contribution in [0.1, 0.15) is 37.6 Å². The maximum atomic E-state index is 12.7. The van der Waals surface area contributed by atoms with Crippen molar-refractivity contribution < 1.29 is 14.3 Å². The Bertz CT molecular complexity index is 524. The molecule has 0 fully saturated rings. The number of rotatable bonds is 4. The average Bonchev–Trinajstić information content (AvgIpc) is 2.41. The highest BCUT2D eigenvalue weighted by molar-refractivity contribution is 6.01. The molecule has 1 aromatic rings. The summed E-state index contributed by atoms with van der Waals surface area (Å²) in [6.07, 6.45) is 0.227. The second-order valence-electron chi connectivity index (χ2n) is 5.83. The zero-order chi connectivity index (χ0) is 14.9. The van der Waals surface area contributed by atoms with E-state index in [0.29, 0.717) is 17.7 Å². The molecule has 0 bridgehead atoms. The van der Waals surface area contributed by atoms with E-state index in [1.165, 1.54) is 0 Å². The van der Waals surface area contributed by atoms with E-state index >= 15 is 0 Å². The van der Waals surface area contributed by atoms with Gasteiger partial charge in [0.05, 0.1) is 11.5 Å². The molecule has 1 aliphatic heterocycles. The zero-order valence-electron chi connectivity index (χ0n) is 12.1. The van der Waals surface area contributed by atoms with Gasteiger partial charge >= 0.3 is 0 Å². The second-order valence-corrected chi connectivity index (χ2v) is 5.83. The van der Waals surface area contributed by atoms with Gasteiger partial charge in [0.2, 0.25) is 5.91 Å². The first-order valence-electron chi connectivity index (χ1n) is 7.01. The number of benzene rings is 1. The fourth-order valence-electron chi connectivity index (χ4n) is 2.69. The molecule has 0 saturated heterocycles. The molecule has 0 aromatic heterocycles. The lowest BCUT2D eigenvalue weighted by molar-refractivity contribution is -0.121. The highest BCUT2D eigenvalue weighted by atomic mass is 16.5. The summed E-state index contributed by atoms with van der Waals surface area (Å²) in [6, 6.07) is 7.27. The molecule has 1 amide bonds. The van der Waals surface area contributed by atoms with Crippen molar-refractivity contribution in [3.8, 4) is 5.75 Å². The first-order chi connectivity index (χ1) is 9.41. The number of Topliss-reactive ketones (excluding diaryl/α,β-unsaturated/α-hetero) is 1. The van der Waals surface area contributed by atoms with Crippen LogP contribution in [0.5, 0.6) is 5.75 Å². The molecule has 2 N–H and O–H groups in total. The van der Waals surface area contributed by atoms with Gasteiger partial charge in [0.1, 0.15) is 11.9 Å². The Balaban J connectivity index is 2.33. The van der Waals surface area contributed by atoms with Gasteiger partial charge in [0, 0.05) is 5.92 Å². The summed E-state index contributed by atoms with van der Waals surface area (Å²) < 4.78 is 5.98. The van der Waals surface area contributed by atoms with Crippen molar-refractivity contribution in [3.05, 3.63) is 29.8 Å². The standard InChI is InChI=1S/C16H21NO3/c1-9(2)15-12(8-10(3)16(17)19)14(18)11-6-4-5-7-13(11)20-15/h4-7,9-10,12,15H,8H2,1-3H3,(H2,17,19). The van der Waals surface area contributed by atoms with E-state index in [9.17, 15) is 9.59 Å². The summed E-state index contributed by atoms with van der Waals surface area (Å²) in [5, 5.41) is 0. The average molecular weight is 275 g/mol. The van der Waals surface area contributed by atoms with Crippen molar-refractivity contribution in [3.63, 3.8) is 0 Å². The van der Waals surface area contributed by atoms with Gasteiger partial charge in [-0.1, -0.05) is 32.9 Å². The van der Waals surface area contributed by atoms with Crippen molar-refractivity contribution >= 4 is 11.7 Å². The molecular weight excluding hydrogens is 254 g/mol. The van der Waals surface area contributed by atoms with E-state index in [1.807, 2.05) is 32.0 Å². The van der Waals surface area contributed by atoms with Gasteiger partial charge < -0.3 is 10.5 Å². The summed E-state index contributed by atoms with van der Waals surface area (Å²) in [4.78, 5) is 23.9. The second kappa shape index (κ2) is 5.65. The molecular formula is C16H21NO3. The number of para-hydroxylation sites is 1. The lowest BCUT2D eigenvalue weighted by Crippen LogP contribution is -2.43. The first kappa shape index (κ1) is 14.6. The van der Waals surface area contributed by atoms with E-state index in [-0.39, 0.29) is 35.5 Å². The molecule has 4 heteroatoms. The number of ether oxygens (including phenoxy) is 1. The Kier molecular flexibility index (Phi) is 4.12. The van der Waals surface area contributed by atoms with Crippen LogP contribution in [0.15, 0.2) is 24.3 Å². The number of carbonyl (C=O) groups is 2. The van der Waals surface area contributed by atoms with Crippen LogP contribution in [0.3, 0.4) is 0 Å². The number of fused-ring (bicyclic) bond motifs is 1. The van der Waals surface area contributed by atoms with Gasteiger partial charge in [-0.15, -0.1) is 0 Å². The zero-order valence-corrected chi connectivity index (χ0v) is 12.1.